The van der Waals surface area contributed by atoms with Crippen LogP contribution < -0.4 is 0 Å². The molecule has 0 heteroatoms. The summed E-state index contributed by atoms with van der Waals surface area (Å²) >= 11 is 0. The summed E-state index contributed by atoms with van der Waals surface area (Å²) in [6.07, 6.45) is 5.41. The van der Waals surface area contributed by atoms with E-state index in [0.717, 1.165) is 11.8 Å². The Morgan fingerprint density at radius 3 is 2.79 bits per heavy atom. The molecule has 0 aliphatic heterocycles. The van der Waals surface area contributed by atoms with Gasteiger partial charge in [0.2, 0.25) is 0 Å². The normalized spacial score (nSPS) is 27.6. The smallest absolute Gasteiger partial charge is 0.0185 e. The molecule has 2 rings (SSSR count). The first-order chi connectivity index (χ1) is 6.77. The summed E-state index contributed by atoms with van der Waals surface area (Å²) in [4.78, 5) is 0. The molecule has 1 aliphatic rings. The molecule has 0 bridgehead atoms. The van der Waals surface area contributed by atoms with E-state index in [1.165, 1.54) is 25.7 Å². The van der Waals surface area contributed by atoms with E-state index < -0.39 is 0 Å². The van der Waals surface area contributed by atoms with Crippen LogP contribution >= 0.6 is 0 Å². The molecule has 1 aliphatic carbocycles. The molecular formula is C14H20. The summed E-state index contributed by atoms with van der Waals surface area (Å²) in [6.45, 7) is 4.77. The maximum atomic E-state index is 2.39. The summed E-state index contributed by atoms with van der Waals surface area (Å²) in [5.41, 5.74) is 3.19. The Labute approximate surface area is 87.3 Å². The van der Waals surface area contributed by atoms with Crippen LogP contribution in [-0.4, -0.2) is 0 Å². The molecule has 2 atom stereocenters. The topological polar surface area (TPSA) is 0 Å². The number of rotatable bonds is 0. The van der Waals surface area contributed by atoms with Gasteiger partial charge >= 0.3 is 0 Å². The van der Waals surface area contributed by atoms with Gasteiger partial charge in [0, 0.05) is 0 Å². The lowest BCUT2D eigenvalue weighted by atomic mass is 9.82. The summed E-state index contributed by atoms with van der Waals surface area (Å²) in [6, 6.07) is 8.98. The van der Waals surface area contributed by atoms with Gasteiger partial charge in [-0.15, -0.1) is 0 Å². The molecule has 0 radical (unpaired) electrons. The summed E-state index contributed by atoms with van der Waals surface area (Å²) < 4.78 is 0. The Balaban J connectivity index is 2.29. The summed E-state index contributed by atoms with van der Waals surface area (Å²) in [5, 5.41) is 0. The second kappa shape index (κ2) is 4.16. The zero-order valence-electron chi connectivity index (χ0n) is 9.29. The van der Waals surface area contributed by atoms with Crippen molar-refractivity contribution in [3.05, 3.63) is 35.4 Å². The molecule has 0 aromatic heterocycles. The molecule has 0 N–H and O–H groups in total. The molecule has 0 amide bonds. The predicted molar refractivity (Wildman–Crippen MR) is 61.6 cm³/mol. The van der Waals surface area contributed by atoms with Crippen molar-refractivity contribution in [3.8, 4) is 0 Å². The molecule has 0 nitrogen and oxygen atoms in total. The van der Waals surface area contributed by atoms with E-state index in [1.54, 1.807) is 11.1 Å². The second-order valence-corrected chi connectivity index (χ2v) is 4.83. The van der Waals surface area contributed by atoms with E-state index >= 15 is 0 Å². The SMILES string of the molecule is CC1CCCc2ccccc2C(C)C1. The zero-order valence-corrected chi connectivity index (χ0v) is 9.29. The highest BCUT2D eigenvalue weighted by Crippen LogP contribution is 2.31. The zero-order chi connectivity index (χ0) is 9.97. The Kier molecular flexibility index (Phi) is 2.90. The Morgan fingerprint density at radius 2 is 1.93 bits per heavy atom. The van der Waals surface area contributed by atoms with Crippen molar-refractivity contribution in [1.82, 2.24) is 0 Å². The van der Waals surface area contributed by atoms with E-state index in [-0.39, 0.29) is 0 Å². The van der Waals surface area contributed by atoms with Crippen molar-refractivity contribution in [2.24, 2.45) is 5.92 Å². The van der Waals surface area contributed by atoms with Crippen molar-refractivity contribution in [3.63, 3.8) is 0 Å². The highest BCUT2D eigenvalue weighted by molar-refractivity contribution is 5.30. The van der Waals surface area contributed by atoms with Crippen LogP contribution in [0.5, 0.6) is 0 Å². The van der Waals surface area contributed by atoms with Crippen LogP contribution in [0.4, 0.5) is 0 Å². The van der Waals surface area contributed by atoms with Crippen LogP contribution in [-0.2, 0) is 6.42 Å². The lowest BCUT2D eigenvalue weighted by Crippen LogP contribution is -2.09. The van der Waals surface area contributed by atoms with Gasteiger partial charge in [-0.2, -0.15) is 0 Å². The fourth-order valence-electron chi connectivity index (χ4n) is 2.73. The Bertz CT molecular complexity index is 301. The van der Waals surface area contributed by atoms with E-state index in [1.807, 2.05) is 0 Å². The number of benzene rings is 1. The van der Waals surface area contributed by atoms with Crippen LogP contribution in [0, 0.1) is 5.92 Å². The minimum atomic E-state index is 0.751. The third-order valence-electron chi connectivity index (χ3n) is 3.48. The molecular weight excluding hydrogens is 168 g/mol. The van der Waals surface area contributed by atoms with Gasteiger partial charge in [0.1, 0.15) is 0 Å². The van der Waals surface area contributed by atoms with Gasteiger partial charge in [-0.25, -0.2) is 0 Å². The van der Waals surface area contributed by atoms with Gasteiger partial charge in [-0.05, 0) is 42.2 Å². The van der Waals surface area contributed by atoms with Gasteiger partial charge in [-0.3, -0.25) is 0 Å². The van der Waals surface area contributed by atoms with Crippen molar-refractivity contribution in [2.45, 2.75) is 45.4 Å². The molecule has 1 aromatic carbocycles. The van der Waals surface area contributed by atoms with Crippen molar-refractivity contribution < 1.29 is 0 Å². The lowest BCUT2D eigenvalue weighted by molar-refractivity contribution is 0.427. The molecule has 76 valence electrons. The average molecular weight is 188 g/mol. The molecule has 2 unspecified atom stereocenters. The van der Waals surface area contributed by atoms with Gasteiger partial charge in [-0.1, -0.05) is 44.5 Å². The number of fused-ring (bicyclic) bond motifs is 1. The predicted octanol–water partition coefficient (Wildman–Crippen LogP) is 4.15. The van der Waals surface area contributed by atoms with Gasteiger partial charge in [0.15, 0.2) is 0 Å². The Morgan fingerprint density at radius 1 is 1.14 bits per heavy atom. The van der Waals surface area contributed by atoms with Crippen LogP contribution in [0.15, 0.2) is 24.3 Å². The lowest BCUT2D eigenvalue weighted by Gasteiger charge is -2.23. The molecule has 1 aromatic rings. The minimum absolute atomic E-state index is 0.751. The van der Waals surface area contributed by atoms with Crippen LogP contribution in [0.3, 0.4) is 0 Å². The molecule has 0 spiro atoms. The number of hydrogen-bond donors (Lipinski definition) is 0. The van der Waals surface area contributed by atoms with E-state index in [4.69, 9.17) is 0 Å². The fourth-order valence-corrected chi connectivity index (χ4v) is 2.73. The van der Waals surface area contributed by atoms with Crippen molar-refractivity contribution >= 4 is 0 Å². The summed E-state index contributed by atoms with van der Waals surface area (Å²) in [7, 11) is 0. The van der Waals surface area contributed by atoms with Gasteiger partial charge in [0.25, 0.3) is 0 Å². The third-order valence-corrected chi connectivity index (χ3v) is 3.48. The van der Waals surface area contributed by atoms with Gasteiger partial charge in [0.05, 0.1) is 0 Å². The summed E-state index contributed by atoms with van der Waals surface area (Å²) in [5.74, 6) is 1.65. The third kappa shape index (κ3) is 2.00. The highest BCUT2D eigenvalue weighted by Gasteiger charge is 2.16. The number of hydrogen-bond acceptors (Lipinski definition) is 0. The highest BCUT2D eigenvalue weighted by atomic mass is 14.2. The van der Waals surface area contributed by atoms with Crippen LogP contribution in [0.25, 0.3) is 0 Å². The molecule has 0 heterocycles. The van der Waals surface area contributed by atoms with E-state index in [0.29, 0.717) is 0 Å². The monoisotopic (exact) mass is 188 g/mol. The first kappa shape index (κ1) is 9.76. The van der Waals surface area contributed by atoms with Crippen molar-refractivity contribution in [2.75, 3.05) is 0 Å². The van der Waals surface area contributed by atoms with E-state index in [9.17, 15) is 0 Å². The first-order valence-corrected chi connectivity index (χ1v) is 5.85. The van der Waals surface area contributed by atoms with Gasteiger partial charge < -0.3 is 0 Å². The minimum Gasteiger partial charge on any atom is -0.0625 e. The van der Waals surface area contributed by atoms with Crippen LogP contribution in [0.1, 0.15) is 50.2 Å². The molecule has 0 saturated carbocycles. The average Bonchev–Trinajstić information content (AvgIpc) is 2.16. The fraction of sp³-hybridized carbons (Fsp3) is 0.571. The Hall–Kier alpha value is -0.780. The molecule has 0 saturated heterocycles. The largest absolute Gasteiger partial charge is 0.0625 e. The molecule has 14 heavy (non-hydrogen) atoms. The maximum absolute atomic E-state index is 2.39. The quantitative estimate of drug-likeness (QED) is 0.573. The maximum Gasteiger partial charge on any atom is -0.0185 e. The standard InChI is InChI=1S/C14H20/c1-11-6-5-8-13-7-3-4-9-14(13)12(2)10-11/h3-4,7,9,11-12H,5-6,8,10H2,1-2H3. The first-order valence-electron chi connectivity index (χ1n) is 5.85. The second-order valence-electron chi connectivity index (χ2n) is 4.83. The molecule has 0 fully saturated rings. The number of aryl methyl sites for hydroxylation is 1. The van der Waals surface area contributed by atoms with E-state index in [2.05, 4.69) is 38.1 Å². The van der Waals surface area contributed by atoms with Crippen molar-refractivity contribution in [1.29, 1.82) is 0 Å². The van der Waals surface area contributed by atoms with Crippen LogP contribution in [0.2, 0.25) is 0 Å².